The van der Waals surface area contributed by atoms with E-state index in [1.165, 1.54) is 0 Å². The van der Waals surface area contributed by atoms with Crippen molar-refractivity contribution < 1.29 is 4.74 Å². The lowest BCUT2D eigenvalue weighted by Crippen LogP contribution is -2.19. The Balaban J connectivity index is 2.00. The van der Waals surface area contributed by atoms with E-state index in [-0.39, 0.29) is 0 Å². The van der Waals surface area contributed by atoms with Gasteiger partial charge in [0.1, 0.15) is 0 Å². The van der Waals surface area contributed by atoms with Gasteiger partial charge < -0.3 is 15.8 Å². The molecule has 1 unspecified atom stereocenters. The third-order valence-corrected chi connectivity index (χ3v) is 3.28. The van der Waals surface area contributed by atoms with Gasteiger partial charge in [-0.1, -0.05) is 11.6 Å². The van der Waals surface area contributed by atoms with E-state index in [0.29, 0.717) is 16.8 Å². The first-order chi connectivity index (χ1) is 7.66. The van der Waals surface area contributed by atoms with E-state index in [2.05, 4.69) is 5.32 Å². The van der Waals surface area contributed by atoms with E-state index in [1.807, 2.05) is 13.0 Å². The largest absolute Gasteiger partial charge is 0.397 e. The van der Waals surface area contributed by atoms with E-state index in [1.54, 1.807) is 6.07 Å². The van der Waals surface area contributed by atoms with E-state index in [9.17, 15) is 0 Å². The molecule has 0 bridgehead atoms. The summed E-state index contributed by atoms with van der Waals surface area (Å²) in [7, 11) is 0. The van der Waals surface area contributed by atoms with Crippen molar-refractivity contribution in [3.63, 3.8) is 0 Å². The molecule has 0 aromatic heterocycles. The number of hydrogen-bond donors (Lipinski definition) is 2. The molecule has 3 nitrogen and oxygen atoms in total. The molecule has 1 heterocycles. The predicted molar refractivity (Wildman–Crippen MR) is 68.1 cm³/mol. The van der Waals surface area contributed by atoms with Crippen molar-refractivity contribution in [3.05, 3.63) is 22.7 Å². The molecule has 1 fully saturated rings. The van der Waals surface area contributed by atoms with Crippen molar-refractivity contribution in [2.75, 3.05) is 24.2 Å². The van der Waals surface area contributed by atoms with Gasteiger partial charge in [-0.05, 0) is 37.5 Å². The Kier molecular flexibility index (Phi) is 3.56. The normalized spacial score (nSPS) is 20.0. The highest BCUT2D eigenvalue weighted by Gasteiger charge is 2.15. The van der Waals surface area contributed by atoms with Gasteiger partial charge in [-0.15, -0.1) is 0 Å². The minimum absolute atomic E-state index is 0.315. The molecule has 1 saturated heterocycles. The summed E-state index contributed by atoms with van der Waals surface area (Å²) in [5, 5.41) is 4.02. The first kappa shape index (κ1) is 11.6. The van der Waals surface area contributed by atoms with Gasteiger partial charge in [0.25, 0.3) is 0 Å². The van der Waals surface area contributed by atoms with Crippen molar-refractivity contribution in [2.24, 2.45) is 0 Å². The molecule has 1 aromatic carbocycles. The van der Waals surface area contributed by atoms with E-state index < -0.39 is 0 Å². The number of hydrogen-bond acceptors (Lipinski definition) is 3. The molecule has 0 spiro atoms. The molecule has 0 aliphatic carbocycles. The lowest BCUT2D eigenvalue weighted by molar-refractivity contribution is 0.120. The molecule has 1 aromatic rings. The minimum atomic E-state index is 0.315. The van der Waals surface area contributed by atoms with Crippen molar-refractivity contribution >= 4 is 23.0 Å². The molecule has 0 radical (unpaired) electrons. The molecule has 0 saturated carbocycles. The summed E-state index contributed by atoms with van der Waals surface area (Å²) >= 11 is 5.98. The van der Waals surface area contributed by atoms with Gasteiger partial charge in [-0.3, -0.25) is 0 Å². The second kappa shape index (κ2) is 4.93. The lowest BCUT2D eigenvalue weighted by Gasteiger charge is -2.14. The number of aryl methyl sites for hydroxylation is 1. The first-order valence-corrected chi connectivity index (χ1v) is 5.95. The summed E-state index contributed by atoms with van der Waals surface area (Å²) in [6.45, 7) is 3.66. The summed E-state index contributed by atoms with van der Waals surface area (Å²) in [6, 6.07) is 3.77. The zero-order valence-corrected chi connectivity index (χ0v) is 10.2. The summed E-state index contributed by atoms with van der Waals surface area (Å²) in [6.07, 6.45) is 2.59. The fourth-order valence-corrected chi connectivity index (χ4v) is 2.05. The third-order valence-electron chi connectivity index (χ3n) is 2.87. The minimum Gasteiger partial charge on any atom is -0.397 e. The van der Waals surface area contributed by atoms with Gasteiger partial charge in [-0.2, -0.15) is 0 Å². The van der Waals surface area contributed by atoms with Crippen LogP contribution in [0.25, 0.3) is 0 Å². The maximum absolute atomic E-state index is 5.98. The van der Waals surface area contributed by atoms with Crippen LogP contribution < -0.4 is 11.1 Å². The Morgan fingerprint density at radius 3 is 3.06 bits per heavy atom. The van der Waals surface area contributed by atoms with Gasteiger partial charge in [0.15, 0.2) is 0 Å². The Morgan fingerprint density at radius 2 is 2.38 bits per heavy atom. The standard InChI is InChI=1S/C12H17ClN2O/c1-8-5-12(11(14)6-10(8)13)15-7-9-3-2-4-16-9/h5-6,9,15H,2-4,7,14H2,1H3. The van der Waals surface area contributed by atoms with Crippen LogP contribution in [0.4, 0.5) is 11.4 Å². The van der Waals surface area contributed by atoms with Crippen molar-refractivity contribution in [1.29, 1.82) is 0 Å². The number of benzene rings is 1. The average molecular weight is 241 g/mol. The molecule has 16 heavy (non-hydrogen) atoms. The van der Waals surface area contributed by atoms with E-state index >= 15 is 0 Å². The van der Waals surface area contributed by atoms with Crippen molar-refractivity contribution in [3.8, 4) is 0 Å². The van der Waals surface area contributed by atoms with Crippen LogP contribution in [-0.4, -0.2) is 19.3 Å². The Labute approximate surface area is 101 Å². The number of nitrogens with one attached hydrogen (secondary N) is 1. The maximum atomic E-state index is 5.98. The Bertz CT molecular complexity index is 376. The summed E-state index contributed by atoms with van der Waals surface area (Å²) in [5.74, 6) is 0. The highest BCUT2D eigenvalue weighted by atomic mass is 35.5. The van der Waals surface area contributed by atoms with Gasteiger partial charge >= 0.3 is 0 Å². The molecule has 1 atom stereocenters. The van der Waals surface area contributed by atoms with Gasteiger partial charge in [0.05, 0.1) is 17.5 Å². The summed E-state index contributed by atoms with van der Waals surface area (Å²) in [5.41, 5.74) is 8.55. The van der Waals surface area contributed by atoms with Gasteiger partial charge in [-0.25, -0.2) is 0 Å². The van der Waals surface area contributed by atoms with Crippen LogP contribution in [0.15, 0.2) is 12.1 Å². The van der Waals surface area contributed by atoms with Crippen molar-refractivity contribution in [2.45, 2.75) is 25.9 Å². The molecule has 4 heteroatoms. The predicted octanol–water partition coefficient (Wildman–Crippen LogP) is 2.82. The topological polar surface area (TPSA) is 47.3 Å². The van der Waals surface area contributed by atoms with Gasteiger partial charge in [0, 0.05) is 18.2 Å². The fraction of sp³-hybridized carbons (Fsp3) is 0.500. The molecular formula is C12H17ClN2O. The average Bonchev–Trinajstić information content (AvgIpc) is 2.74. The second-order valence-corrected chi connectivity index (χ2v) is 4.61. The molecule has 88 valence electrons. The first-order valence-electron chi connectivity index (χ1n) is 5.58. The molecule has 1 aliphatic heterocycles. The monoisotopic (exact) mass is 240 g/mol. The highest BCUT2D eigenvalue weighted by molar-refractivity contribution is 6.31. The van der Waals surface area contributed by atoms with Crippen LogP contribution in [0.1, 0.15) is 18.4 Å². The van der Waals surface area contributed by atoms with Crippen LogP contribution in [0, 0.1) is 6.92 Å². The van der Waals surface area contributed by atoms with Gasteiger partial charge in [0.2, 0.25) is 0 Å². The Hall–Kier alpha value is -0.930. The number of anilines is 2. The SMILES string of the molecule is Cc1cc(NCC2CCCO2)c(N)cc1Cl. The number of nitrogens with two attached hydrogens (primary N) is 1. The zero-order valence-electron chi connectivity index (χ0n) is 9.42. The summed E-state index contributed by atoms with van der Waals surface area (Å²) < 4.78 is 5.54. The molecule has 0 amide bonds. The van der Waals surface area contributed by atoms with Crippen LogP contribution in [0.5, 0.6) is 0 Å². The van der Waals surface area contributed by atoms with Crippen LogP contribution in [0.2, 0.25) is 5.02 Å². The number of rotatable bonds is 3. The maximum Gasteiger partial charge on any atom is 0.0748 e. The molecular weight excluding hydrogens is 224 g/mol. The molecule has 1 aliphatic rings. The highest BCUT2D eigenvalue weighted by Crippen LogP contribution is 2.27. The Morgan fingerprint density at radius 1 is 1.56 bits per heavy atom. The van der Waals surface area contributed by atoms with E-state index in [0.717, 1.165) is 37.2 Å². The fourth-order valence-electron chi connectivity index (χ4n) is 1.88. The third kappa shape index (κ3) is 2.60. The second-order valence-electron chi connectivity index (χ2n) is 4.20. The van der Waals surface area contributed by atoms with E-state index in [4.69, 9.17) is 22.1 Å². The lowest BCUT2D eigenvalue weighted by atomic mass is 10.2. The van der Waals surface area contributed by atoms with Crippen LogP contribution in [-0.2, 0) is 4.74 Å². The van der Waals surface area contributed by atoms with Crippen LogP contribution >= 0.6 is 11.6 Å². The molecule has 3 N–H and O–H groups in total. The van der Waals surface area contributed by atoms with Crippen LogP contribution in [0.3, 0.4) is 0 Å². The number of nitrogen functional groups attached to an aromatic ring is 1. The smallest absolute Gasteiger partial charge is 0.0748 e. The summed E-state index contributed by atoms with van der Waals surface area (Å²) in [4.78, 5) is 0. The number of halogens is 1. The quantitative estimate of drug-likeness (QED) is 0.799. The zero-order chi connectivity index (χ0) is 11.5. The molecule has 2 rings (SSSR count). The number of ether oxygens (including phenoxy) is 1. The van der Waals surface area contributed by atoms with Crippen molar-refractivity contribution in [1.82, 2.24) is 0 Å².